The maximum Gasteiger partial charge on any atom is 0.321 e. The molecule has 0 aromatic heterocycles. The van der Waals surface area contributed by atoms with Gasteiger partial charge in [0.15, 0.2) is 5.96 Å². The minimum Gasteiger partial charge on any atom is -0.370 e. The van der Waals surface area contributed by atoms with E-state index in [1.54, 1.807) is 29.2 Å². The fourth-order valence-electron chi connectivity index (χ4n) is 2.27. The van der Waals surface area contributed by atoms with Crippen molar-refractivity contribution >= 4 is 23.6 Å². The van der Waals surface area contributed by atoms with Crippen molar-refractivity contribution in [2.24, 2.45) is 5.73 Å². The summed E-state index contributed by atoms with van der Waals surface area (Å²) in [6.07, 6.45) is 3.14. The van der Waals surface area contributed by atoms with Crippen molar-refractivity contribution in [2.45, 2.75) is 19.3 Å². The number of hydrogen-bond donors (Lipinski definition) is 4. The van der Waals surface area contributed by atoms with E-state index in [0.29, 0.717) is 5.69 Å². The van der Waals surface area contributed by atoms with Gasteiger partial charge in [-0.2, -0.15) is 0 Å². The number of rotatable bonds is 2. The summed E-state index contributed by atoms with van der Waals surface area (Å²) in [6, 6.07) is 6.43. The number of likely N-dealkylation sites (tertiary alicyclic amines) is 1. The number of nitrogens with one attached hydrogen (secondary N) is 3. The van der Waals surface area contributed by atoms with E-state index < -0.39 is 11.9 Å². The molecule has 1 fully saturated rings. The molecule has 0 radical (unpaired) electrons. The molecule has 1 heterocycles. The van der Waals surface area contributed by atoms with Gasteiger partial charge in [0.1, 0.15) is 0 Å². The molecule has 0 bridgehead atoms. The van der Waals surface area contributed by atoms with E-state index in [9.17, 15) is 9.59 Å². The number of para-hydroxylation sites is 1. The summed E-state index contributed by atoms with van der Waals surface area (Å²) in [5, 5.41) is 12.1. The molecule has 0 aliphatic carbocycles. The lowest BCUT2D eigenvalue weighted by atomic mass is 10.1. The number of anilines is 1. The van der Waals surface area contributed by atoms with Crippen LogP contribution < -0.4 is 16.4 Å². The highest BCUT2D eigenvalue weighted by molar-refractivity contribution is 6.09. The van der Waals surface area contributed by atoms with Crippen LogP contribution in [0.5, 0.6) is 0 Å². The fourth-order valence-corrected chi connectivity index (χ4v) is 2.27. The van der Waals surface area contributed by atoms with Crippen molar-refractivity contribution in [2.75, 3.05) is 18.4 Å². The average molecular weight is 289 g/mol. The molecule has 7 nitrogen and oxygen atoms in total. The van der Waals surface area contributed by atoms with Crippen LogP contribution >= 0.6 is 0 Å². The molecular formula is C14H19N5O2. The summed E-state index contributed by atoms with van der Waals surface area (Å²) in [4.78, 5) is 25.9. The Kier molecular flexibility index (Phi) is 4.76. The monoisotopic (exact) mass is 289 g/mol. The predicted octanol–water partition coefficient (Wildman–Crippen LogP) is 1.33. The maximum atomic E-state index is 12.2. The summed E-state index contributed by atoms with van der Waals surface area (Å²) in [5.74, 6) is -0.950. The van der Waals surface area contributed by atoms with Gasteiger partial charge in [-0.15, -0.1) is 0 Å². The van der Waals surface area contributed by atoms with Crippen molar-refractivity contribution < 1.29 is 9.59 Å². The number of amides is 3. The molecule has 2 rings (SSSR count). The van der Waals surface area contributed by atoms with Gasteiger partial charge in [-0.1, -0.05) is 12.1 Å². The molecule has 1 aromatic rings. The van der Waals surface area contributed by atoms with Gasteiger partial charge in [0.05, 0.1) is 11.3 Å². The number of piperidine rings is 1. The number of carbonyl (C=O) groups is 2. The van der Waals surface area contributed by atoms with Gasteiger partial charge in [-0.25, -0.2) is 4.79 Å². The summed E-state index contributed by atoms with van der Waals surface area (Å²) in [5.41, 5.74) is 5.84. The molecule has 0 atom stereocenters. The lowest BCUT2D eigenvalue weighted by Gasteiger charge is -2.27. The van der Waals surface area contributed by atoms with Crippen molar-refractivity contribution in [1.29, 1.82) is 5.41 Å². The first-order valence-corrected chi connectivity index (χ1v) is 6.88. The third-order valence-corrected chi connectivity index (χ3v) is 3.30. The Morgan fingerprint density at radius 3 is 2.48 bits per heavy atom. The Bertz CT molecular complexity index is 552. The quantitative estimate of drug-likeness (QED) is 0.486. The maximum absolute atomic E-state index is 12.2. The van der Waals surface area contributed by atoms with E-state index >= 15 is 0 Å². The molecule has 21 heavy (non-hydrogen) atoms. The van der Waals surface area contributed by atoms with Gasteiger partial charge >= 0.3 is 6.03 Å². The van der Waals surface area contributed by atoms with Crippen molar-refractivity contribution in [3.8, 4) is 0 Å². The summed E-state index contributed by atoms with van der Waals surface area (Å²) >= 11 is 0. The minimum atomic E-state index is -0.517. The number of urea groups is 1. The molecule has 1 aliphatic rings. The van der Waals surface area contributed by atoms with Crippen LogP contribution in [0.4, 0.5) is 10.5 Å². The molecule has 7 heteroatoms. The Balaban J connectivity index is 2.10. The van der Waals surface area contributed by atoms with E-state index in [4.69, 9.17) is 11.1 Å². The van der Waals surface area contributed by atoms with Crippen LogP contribution in [0.1, 0.15) is 29.6 Å². The zero-order valence-electron chi connectivity index (χ0n) is 11.7. The Hall–Kier alpha value is -2.57. The van der Waals surface area contributed by atoms with Crippen molar-refractivity contribution in [3.05, 3.63) is 29.8 Å². The van der Waals surface area contributed by atoms with Gasteiger partial charge in [0, 0.05) is 13.1 Å². The Morgan fingerprint density at radius 2 is 1.81 bits per heavy atom. The first-order chi connectivity index (χ1) is 10.1. The van der Waals surface area contributed by atoms with Crippen LogP contribution in [-0.2, 0) is 0 Å². The highest BCUT2D eigenvalue weighted by Crippen LogP contribution is 2.17. The number of benzene rings is 1. The Labute approximate surface area is 123 Å². The molecular weight excluding hydrogens is 270 g/mol. The molecule has 112 valence electrons. The lowest BCUT2D eigenvalue weighted by Crippen LogP contribution is -2.39. The average Bonchev–Trinajstić information content (AvgIpc) is 2.48. The highest BCUT2D eigenvalue weighted by atomic mass is 16.2. The SMILES string of the molecule is N=C(N)NC(=O)c1ccccc1NC(=O)N1CCCCC1. The van der Waals surface area contributed by atoms with Crippen LogP contribution in [0.2, 0.25) is 0 Å². The summed E-state index contributed by atoms with van der Waals surface area (Å²) in [7, 11) is 0. The van der Waals surface area contributed by atoms with Crippen molar-refractivity contribution in [3.63, 3.8) is 0 Å². The number of nitrogens with two attached hydrogens (primary N) is 1. The molecule has 0 saturated carbocycles. The van der Waals surface area contributed by atoms with Gasteiger partial charge in [0.2, 0.25) is 0 Å². The van der Waals surface area contributed by atoms with Crippen LogP contribution in [0, 0.1) is 5.41 Å². The smallest absolute Gasteiger partial charge is 0.321 e. The molecule has 0 spiro atoms. The van der Waals surface area contributed by atoms with E-state index in [-0.39, 0.29) is 11.6 Å². The molecule has 1 aliphatic heterocycles. The van der Waals surface area contributed by atoms with E-state index in [0.717, 1.165) is 32.4 Å². The minimum absolute atomic E-state index is 0.210. The highest BCUT2D eigenvalue weighted by Gasteiger charge is 2.19. The van der Waals surface area contributed by atoms with E-state index in [2.05, 4.69) is 10.6 Å². The van der Waals surface area contributed by atoms with Crippen molar-refractivity contribution in [1.82, 2.24) is 10.2 Å². The second-order valence-corrected chi connectivity index (χ2v) is 4.89. The number of hydrogen-bond acceptors (Lipinski definition) is 3. The lowest BCUT2D eigenvalue weighted by molar-refractivity contribution is 0.0977. The number of carbonyl (C=O) groups excluding carboxylic acids is 2. The van der Waals surface area contributed by atoms with E-state index in [1.807, 2.05) is 0 Å². The van der Waals surface area contributed by atoms with Gasteiger partial charge in [-0.05, 0) is 31.4 Å². The largest absolute Gasteiger partial charge is 0.370 e. The second kappa shape index (κ2) is 6.74. The molecule has 0 unspecified atom stereocenters. The molecule has 3 amide bonds. The first-order valence-electron chi connectivity index (χ1n) is 6.88. The van der Waals surface area contributed by atoms with Gasteiger partial charge < -0.3 is 16.0 Å². The standard InChI is InChI=1S/C14H19N5O2/c15-13(16)18-12(20)10-6-2-3-7-11(10)17-14(21)19-8-4-1-5-9-19/h2-3,6-7H,1,4-5,8-9H2,(H,17,21)(H4,15,16,18,20). The molecule has 1 aromatic carbocycles. The normalized spacial score (nSPS) is 14.4. The predicted molar refractivity (Wildman–Crippen MR) is 80.3 cm³/mol. The van der Waals surface area contributed by atoms with Crippen LogP contribution in [0.25, 0.3) is 0 Å². The van der Waals surface area contributed by atoms with Crippen LogP contribution in [-0.4, -0.2) is 35.9 Å². The third-order valence-electron chi connectivity index (χ3n) is 3.30. The fraction of sp³-hybridized carbons (Fsp3) is 0.357. The zero-order valence-corrected chi connectivity index (χ0v) is 11.7. The topological polar surface area (TPSA) is 111 Å². The molecule has 1 saturated heterocycles. The Morgan fingerprint density at radius 1 is 1.14 bits per heavy atom. The van der Waals surface area contributed by atoms with Gasteiger partial charge in [0.25, 0.3) is 5.91 Å². The van der Waals surface area contributed by atoms with Crippen LogP contribution in [0.3, 0.4) is 0 Å². The first kappa shape index (κ1) is 14.8. The second-order valence-electron chi connectivity index (χ2n) is 4.89. The summed E-state index contributed by atoms with van der Waals surface area (Å²) in [6.45, 7) is 1.46. The van der Waals surface area contributed by atoms with Gasteiger partial charge in [-0.3, -0.25) is 15.5 Å². The number of nitrogens with zero attached hydrogens (tertiary/aromatic N) is 1. The summed E-state index contributed by atoms with van der Waals surface area (Å²) < 4.78 is 0. The zero-order chi connectivity index (χ0) is 15.2. The third kappa shape index (κ3) is 3.95. The number of guanidine groups is 1. The van der Waals surface area contributed by atoms with Crippen LogP contribution in [0.15, 0.2) is 24.3 Å². The molecule has 5 N–H and O–H groups in total. The van der Waals surface area contributed by atoms with E-state index in [1.165, 1.54) is 0 Å².